The fraction of sp³-hybridized carbons (Fsp3) is 0.500. The maximum absolute atomic E-state index is 5.36. The monoisotopic (exact) mass is 184 g/mol. The molecule has 0 amide bonds. The highest BCUT2D eigenvalue weighted by atomic mass is 79.9. The number of halogens is 2. The highest BCUT2D eigenvalue weighted by molar-refractivity contribution is 9.11. The van der Waals surface area contributed by atoms with Crippen LogP contribution in [-0.4, -0.2) is 6.61 Å². The highest BCUT2D eigenvalue weighted by Gasteiger charge is 1.82. The fourth-order valence-electron chi connectivity index (χ4n) is 0.169. The fourth-order valence-corrected chi connectivity index (χ4v) is 0.411. The van der Waals surface area contributed by atoms with Gasteiger partial charge in [-0.05, 0) is 18.5 Å². The zero-order valence-corrected chi connectivity index (χ0v) is 6.29. The summed E-state index contributed by atoms with van der Waals surface area (Å²) in [5.41, 5.74) is 0. The molecule has 0 N–H and O–H groups in total. The molecule has 3 heteroatoms. The van der Waals surface area contributed by atoms with Crippen molar-refractivity contribution in [3.8, 4) is 0 Å². The Labute approximate surface area is 56.4 Å². The van der Waals surface area contributed by atoms with E-state index in [0.29, 0.717) is 11.8 Å². The average Bonchev–Trinajstić information content (AvgIpc) is 1.68. The Bertz CT molecular complexity index is 72.1. The van der Waals surface area contributed by atoms with Gasteiger partial charge in [0, 0.05) is 4.99 Å². The topological polar surface area (TPSA) is 9.23 Å². The molecule has 0 heterocycles. The lowest BCUT2D eigenvalue weighted by Gasteiger charge is -1.94. The predicted molar refractivity (Wildman–Crippen MR) is 34.5 cm³/mol. The van der Waals surface area contributed by atoms with E-state index in [1.807, 2.05) is 6.92 Å². The molecule has 42 valence electrons. The summed E-state index contributed by atoms with van der Waals surface area (Å²) in [6.07, 6.45) is 0. The van der Waals surface area contributed by atoms with Crippen LogP contribution < -0.4 is 0 Å². The van der Waals surface area contributed by atoms with Gasteiger partial charge in [-0.25, -0.2) is 0 Å². The standard InChI is InChI=1S/C4H6BrClO/c1-2-7-4(6)3-5/h3H,2H2,1H3/b4-3-. The lowest BCUT2D eigenvalue weighted by Crippen LogP contribution is -1.80. The first-order chi connectivity index (χ1) is 3.31. The second kappa shape index (κ2) is 4.47. The highest BCUT2D eigenvalue weighted by Crippen LogP contribution is 2.04. The van der Waals surface area contributed by atoms with Gasteiger partial charge in [-0.15, -0.1) is 0 Å². The van der Waals surface area contributed by atoms with Gasteiger partial charge in [0.1, 0.15) is 0 Å². The molecule has 0 rings (SSSR count). The van der Waals surface area contributed by atoms with Gasteiger partial charge in [0.25, 0.3) is 0 Å². The van der Waals surface area contributed by atoms with E-state index in [0.717, 1.165) is 0 Å². The van der Waals surface area contributed by atoms with Crippen molar-refractivity contribution < 1.29 is 4.74 Å². The molecule has 0 aromatic heterocycles. The zero-order chi connectivity index (χ0) is 5.70. The van der Waals surface area contributed by atoms with Crippen molar-refractivity contribution in [2.75, 3.05) is 6.61 Å². The van der Waals surface area contributed by atoms with Gasteiger partial charge >= 0.3 is 0 Å². The molecule has 0 atom stereocenters. The summed E-state index contributed by atoms with van der Waals surface area (Å²) in [5, 5.41) is 0.391. The van der Waals surface area contributed by atoms with E-state index >= 15 is 0 Å². The molecular formula is C4H6BrClO. The first-order valence-electron chi connectivity index (χ1n) is 1.90. The third kappa shape index (κ3) is 4.16. The van der Waals surface area contributed by atoms with Crippen molar-refractivity contribution >= 4 is 27.5 Å². The molecule has 0 aliphatic rings. The third-order valence-electron chi connectivity index (χ3n) is 0.368. The van der Waals surface area contributed by atoms with Crippen molar-refractivity contribution in [3.63, 3.8) is 0 Å². The van der Waals surface area contributed by atoms with Crippen LogP contribution in [0.2, 0.25) is 0 Å². The quantitative estimate of drug-likeness (QED) is 0.601. The van der Waals surface area contributed by atoms with Crippen LogP contribution in [0, 0.1) is 0 Å². The SMILES string of the molecule is CCO/C(Cl)=C\Br. The molecule has 0 saturated carbocycles. The van der Waals surface area contributed by atoms with Crippen molar-refractivity contribution in [2.24, 2.45) is 0 Å². The van der Waals surface area contributed by atoms with Crippen LogP contribution in [0.15, 0.2) is 10.2 Å². The summed E-state index contributed by atoms with van der Waals surface area (Å²) in [7, 11) is 0. The second-order valence-electron chi connectivity index (χ2n) is 0.846. The zero-order valence-electron chi connectivity index (χ0n) is 3.95. The Balaban J connectivity index is 3.17. The van der Waals surface area contributed by atoms with E-state index in [9.17, 15) is 0 Å². The van der Waals surface area contributed by atoms with Crippen LogP contribution in [0.5, 0.6) is 0 Å². The van der Waals surface area contributed by atoms with E-state index in [1.165, 1.54) is 4.99 Å². The van der Waals surface area contributed by atoms with Crippen LogP contribution in [0.3, 0.4) is 0 Å². The first kappa shape index (κ1) is 7.31. The molecule has 1 nitrogen and oxygen atoms in total. The van der Waals surface area contributed by atoms with Gasteiger partial charge in [0.05, 0.1) is 6.61 Å². The smallest absolute Gasteiger partial charge is 0.193 e. The minimum atomic E-state index is 0.391. The molecular weight excluding hydrogens is 179 g/mol. The Morgan fingerprint density at radius 3 is 2.71 bits per heavy atom. The first-order valence-corrected chi connectivity index (χ1v) is 3.19. The number of ether oxygens (including phenoxy) is 1. The molecule has 0 aliphatic heterocycles. The Hall–Kier alpha value is 0.310. The van der Waals surface area contributed by atoms with E-state index in [4.69, 9.17) is 16.3 Å². The van der Waals surface area contributed by atoms with Gasteiger partial charge in [-0.1, -0.05) is 15.9 Å². The van der Waals surface area contributed by atoms with Crippen molar-refractivity contribution in [2.45, 2.75) is 6.92 Å². The van der Waals surface area contributed by atoms with Crippen molar-refractivity contribution in [1.82, 2.24) is 0 Å². The molecule has 0 fully saturated rings. The van der Waals surface area contributed by atoms with Crippen molar-refractivity contribution in [1.29, 1.82) is 0 Å². The van der Waals surface area contributed by atoms with E-state index in [1.54, 1.807) is 0 Å². The average molecular weight is 185 g/mol. The predicted octanol–water partition coefficient (Wildman–Crippen LogP) is 2.46. The minimum Gasteiger partial charge on any atom is -0.483 e. The van der Waals surface area contributed by atoms with Crippen LogP contribution in [0.1, 0.15) is 6.92 Å². The van der Waals surface area contributed by atoms with Gasteiger partial charge in [0.15, 0.2) is 5.22 Å². The lowest BCUT2D eigenvalue weighted by molar-refractivity contribution is 0.256. The maximum atomic E-state index is 5.36. The molecule has 0 aromatic carbocycles. The maximum Gasteiger partial charge on any atom is 0.193 e. The Kier molecular flexibility index (Phi) is 4.67. The summed E-state index contributed by atoms with van der Waals surface area (Å²) < 4.78 is 4.77. The number of hydrogen-bond acceptors (Lipinski definition) is 1. The largest absolute Gasteiger partial charge is 0.483 e. The molecule has 0 saturated heterocycles. The Morgan fingerprint density at radius 2 is 2.57 bits per heavy atom. The van der Waals surface area contributed by atoms with E-state index < -0.39 is 0 Å². The normalized spacial score (nSPS) is 11.6. The van der Waals surface area contributed by atoms with Crippen LogP contribution in [0.25, 0.3) is 0 Å². The van der Waals surface area contributed by atoms with E-state index in [-0.39, 0.29) is 0 Å². The van der Waals surface area contributed by atoms with Gasteiger partial charge < -0.3 is 4.74 Å². The Morgan fingerprint density at radius 1 is 2.00 bits per heavy atom. The summed E-state index contributed by atoms with van der Waals surface area (Å²) >= 11 is 8.35. The molecule has 0 unspecified atom stereocenters. The van der Waals surface area contributed by atoms with Gasteiger partial charge in [-0.2, -0.15) is 0 Å². The molecule has 7 heavy (non-hydrogen) atoms. The van der Waals surface area contributed by atoms with E-state index in [2.05, 4.69) is 15.9 Å². The van der Waals surface area contributed by atoms with Gasteiger partial charge in [0.2, 0.25) is 0 Å². The molecule has 0 radical (unpaired) electrons. The second-order valence-corrected chi connectivity index (χ2v) is 1.68. The molecule has 0 spiro atoms. The third-order valence-corrected chi connectivity index (χ3v) is 1.27. The minimum absolute atomic E-state index is 0.391. The summed E-state index contributed by atoms with van der Waals surface area (Å²) in [6.45, 7) is 2.49. The van der Waals surface area contributed by atoms with Crippen LogP contribution in [-0.2, 0) is 4.74 Å². The molecule has 0 bridgehead atoms. The van der Waals surface area contributed by atoms with Crippen molar-refractivity contribution in [3.05, 3.63) is 10.2 Å². The number of hydrogen-bond donors (Lipinski definition) is 0. The summed E-state index contributed by atoms with van der Waals surface area (Å²) in [6, 6.07) is 0. The van der Waals surface area contributed by atoms with Crippen LogP contribution >= 0.6 is 27.5 Å². The lowest BCUT2D eigenvalue weighted by atomic mass is 10.9. The summed E-state index contributed by atoms with van der Waals surface area (Å²) in [5.74, 6) is 0. The van der Waals surface area contributed by atoms with Gasteiger partial charge in [-0.3, -0.25) is 0 Å². The molecule has 0 aromatic rings. The van der Waals surface area contributed by atoms with Crippen LogP contribution in [0.4, 0.5) is 0 Å². The molecule has 0 aliphatic carbocycles. The number of rotatable bonds is 2. The summed E-state index contributed by atoms with van der Waals surface area (Å²) in [4.78, 5) is 1.53.